The second-order valence-electron chi connectivity index (χ2n) is 8.68. The molecule has 1 unspecified atom stereocenters. The number of nitrogens with zero attached hydrogens (tertiary/aromatic N) is 1. The fourth-order valence-corrected chi connectivity index (χ4v) is 5.36. The third kappa shape index (κ3) is 6.28. The van der Waals surface area contributed by atoms with Crippen molar-refractivity contribution in [3.63, 3.8) is 0 Å². The number of carbonyl (C=O) groups excluding carboxylic acids is 2. The summed E-state index contributed by atoms with van der Waals surface area (Å²) in [5.74, 6) is -1.16. The average Bonchev–Trinajstić information content (AvgIpc) is 2.92. The third-order valence-corrected chi connectivity index (χ3v) is 7.49. The van der Waals surface area contributed by atoms with E-state index >= 15 is 0 Å². The van der Waals surface area contributed by atoms with E-state index in [0.29, 0.717) is 43.8 Å². The van der Waals surface area contributed by atoms with E-state index in [9.17, 15) is 14.9 Å². The van der Waals surface area contributed by atoms with Crippen LogP contribution in [0.2, 0.25) is 5.02 Å². The predicted molar refractivity (Wildman–Crippen MR) is 155 cm³/mol. The van der Waals surface area contributed by atoms with Crippen molar-refractivity contribution in [3.8, 4) is 6.07 Å². The molecule has 3 aromatic rings. The number of allylic oxidation sites excluding steroid dienone is 2. The topological polar surface area (TPSA) is 94.0 Å². The van der Waals surface area contributed by atoms with Gasteiger partial charge in [0, 0.05) is 27.7 Å². The van der Waals surface area contributed by atoms with Crippen LogP contribution < -0.4 is 16.0 Å². The lowest BCUT2D eigenvalue weighted by atomic mass is 9.82. The van der Waals surface area contributed by atoms with Gasteiger partial charge in [-0.15, -0.1) is 0 Å². The van der Waals surface area contributed by atoms with Crippen molar-refractivity contribution in [2.75, 3.05) is 16.4 Å². The SMILES string of the molecule is CCc1ccc(NC(=O)CSC2=C(C#N)C(c3ccccc3Cl)C(C(=O)Nc3ccccc3)=C(C)N2)cc1. The molecule has 0 radical (unpaired) electrons. The molecular formula is C30H27ClN4O2S. The number of thioether (sulfide) groups is 1. The van der Waals surface area contributed by atoms with Crippen molar-refractivity contribution < 1.29 is 9.59 Å². The number of hydrogen-bond acceptors (Lipinski definition) is 5. The van der Waals surface area contributed by atoms with E-state index in [-0.39, 0.29) is 17.6 Å². The second-order valence-corrected chi connectivity index (χ2v) is 10.1. The van der Waals surface area contributed by atoms with Crippen LogP contribution in [-0.2, 0) is 16.0 Å². The Kier molecular flexibility index (Phi) is 8.90. The van der Waals surface area contributed by atoms with Crippen LogP contribution in [0.4, 0.5) is 11.4 Å². The number of anilines is 2. The van der Waals surface area contributed by atoms with Gasteiger partial charge in [0.25, 0.3) is 5.91 Å². The summed E-state index contributed by atoms with van der Waals surface area (Å²) in [6, 6.07) is 26.3. The molecule has 0 spiro atoms. The zero-order valence-electron chi connectivity index (χ0n) is 21.0. The third-order valence-electron chi connectivity index (χ3n) is 6.13. The maximum Gasteiger partial charge on any atom is 0.254 e. The van der Waals surface area contributed by atoms with Crippen LogP contribution in [0.15, 0.2) is 101 Å². The molecule has 1 aliphatic heterocycles. The first-order valence-corrected chi connectivity index (χ1v) is 13.5. The van der Waals surface area contributed by atoms with E-state index in [4.69, 9.17) is 11.6 Å². The molecule has 1 heterocycles. The maximum atomic E-state index is 13.5. The number of para-hydroxylation sites is 1. The highest BCUT2D eigenvalue weighted by Crippen LogP contribution is 2.43. The minimum absolute atomic E-state index is 0.0805. The molecule has 0 bridgehead atoms. The van der Waals surface area contributed by atoms with Gasteiger partial charge in [0.15, 0.2) is 0 Å². The highest BCUT2D eigenvalue weighted by Gasteiger charge is 2.35. The summed E-state index contributed by atoms with van der Waals surface area (Å²) in [5.41, 5.74) is 4.48. The molecule has 0 saturated carbocycles. The maximum absolute atomic E-state index is 13.5. The average molecular weight is 543 g/mol. The van der Waals surface area contributed by atoms with Crippen molar-refractivity contribution >= 4 is 46.6 Å². The molecule has 3 aromatic carbocycles. The van der Waals surface area contributed by atoms with Gasteiger partial charge in [-0.3, -0.25) is 9.59 Å². The number of amides is 2. The second kappa shape index (κ2) is 12.5. The zero-order valence-corrected chi connectivity index (χ0v) is 22.6. The van der Waals surface area contributed by atoms with Crippen molar-refractivity contribution in [2.45, 2.75) is 26.2 Å². The number of nitriles is 1. The Hall–Kier alpha value is -3.99. The van der Waals surface area contributed by atoms with Crippen LogP contribution in [0, 0.1) is 11.3 Å². The number of rotatable bonds is 8. The molecule has 3 N–H and O–H groups in total. The summed E-state index contributed by atoms with van der Waals surface area (Å²) in [5, 5.41) is 20.2. The zero-order chi connectivity index (χ0) is 27.1. The number of hydrogen-bond donors (Lipinski definition) is 3. The normalized spacial score (nSPS) is 14.9. The smallest absolute Gasteiger partial charge is 0.254 e. The predicted octanol–water partition coefficient (Wildman–Crippen LogP) is 6.61. The molecular weight excluding hydrogens is 516 g/mol. The van der Waals surface area contributed by atoms with E-state index < -0.39 is 5.92 Å². The Morgan fingerprint density at radius 2 is 1.63 bits per heavy atom. The Balaban J connectivity index is 1.61. The lowest BCUT2D eigenvalue weighted by Crippen LogP contribution is -2.31. The number of aryl methyl sites for hydroxylation is 1. The van der Waals surface area contributed by atoms with E-state index in [1.807, 2.05) is 54.6 Å². The fraction of sp³-hybridized carbons (Fsp3) is 0.167. The van der Waals surface area contributed by atoms with Crippen LogP contribution in [0.1, 0.15) is 30.9 Å². The van der Waals surface area contributed by atoms with Gasteiger partial charge >= 0.3 is 0 Å². The van der Waals surface area contributed by atoms with Crippen LogP contribution in [0.3, 0.4) is 0 Å². The van der Waals surface area contributed by atoms with E-state index in [0.717, 1.165) is 6.42 Å². The van der Waals surface area contributed by atoms with Crippen LogP contribution in [0.5, 0.6) is 0 Å². The lowest BCUT2D eigenvalue weighted by Gasteiger charge is -2.30. The van der Waals surface area contributed by atoms with Crippen molar-refractivity contribution in [2.24, 2.45) is 0 Å². The van der Waals surface area contributed by atoms with Gasteiger partial charge in [0.1, 0.15) is 0 Å². The van der Waals surface area contributed by atoms with Crippen LogP contribution in [0.25, 0.3) is 0 Å². The first kappa shape index (κ1) is 27.1. The minimum Gasteiger partial charge on any atom is -0.353 e. The molecule has 0 saturated heterocycles. The minimum atomic E-state index is -0.703. The molecule has 0 fully saturated rings. The summed E-state index contributed by atoms with van der Waals surface area (Å²) >= 11 is 7.78. The van der Waals surface area contributed by atoms with Crippen LogP contribution >= 0.6 is 23.4 Å². The number of carbonyl (C=O) groups is 2. The molecule has 8 heteroatoms. The lowest BCUT2D eigenvalue weighted by molar-refractivity contribution is -0.114. The first-order valence-electron chi connectivity index (χ1n) is 12.2. The highest BCUT2D eigenvalue weighted by atomic mass is 35.5. The quantitative estimate of drug-likeness (QED) is 0.298. The monoisotopic (exact) mass is 542 g/mol. The van der Waals surface area contributed by atoms with Gasteiger partial charge in [-0.25, -0.2) is 0 Å². The van der Waals surface area contributed by atoms with Crippen molar-refractivity contribution in [3.05, 3.63) is 117 Å². The molecule has 6 nitrogen and oxygen atoms in total. The Morgan fingerprint density at radius 1 is 0.974 bits per heavy atom. The van der Waals surface area contributed by atoms with E-state index in [1.165, 1.54) is 17.3 Å². The van der Waals surface area contributed by atoms with Gasteiger partial charge < -0.3 is 16.0 Å². The standard InChI is InChI=1S/C30H27ClN4O2S/c1-3-20-13-15-22(16-14-20)34-26(36)18-38-30-24(17-32)28(23-11-7-8-12-25(23)31)27(19(2)33-30)29(37)35-21-9-5-4-6-10-21/h4-16,28,33H,3,18H2,1-2H3,(H,34,36)(H,35,37). The van der Waals surface area contributed by atoms with Crippen molar-refractivity contribution in [1.29, 1.82) is 5.26 Å². The Morgan fingerprint density at radius 3 is 2.29 bits per heavy atom. The highest BCUT2D eigenvalue weighted by molar-refractivity contribution is 8.03. The Labute approximate surface area is 231 Å². The van der Waals surface area contributed by atoms with Crippen LogP contribution in [-0.4, -0.2) is 17.6 Å². The van der Waals surface area contributed by atoms with E-state index in [2.05, 4.69) is 28.9 Å². The summed E-state index contributed by atoms with van der Waals surface area (Å²) < 4.78 is 0. The summed E-state index contributed by atoms with van der Waals surface area (Å²) in [6.07, 6.45) is 0.922. The number of benzene rings is 3. The summed E-state index contributed by atoms with van der Waals surface area (Å²) in [7, 11) is 0. The van der Waals surface area contributed by atoms with Crippen molar-refractivity contribution in [1.82, 2.24) is 5.32 Å². The molecule has 1 aliphatic rings. The molecule has 2 amide bonds. The van der Waals surface area contributed by atoms with Gasteiger partial charge in [-0.2, -0.15) is 5.26 Å². The summed E-state index contributed by atoms with van der Waals surface area (Å²) in [6.45, 7) is 3.86. The van der Waals surface area contributed by atoms with Gasteiger partial charge in [0.2, 0.25) is 5.91 Å². The number of halogens is 1. The number of dihydropyridines is 1. The largest absolute Gasteiger partial charge is 0.353 e. The molecule has 1 atom stereocenters. The first-order chi connectivity index (χ1) is 18.4. The summed E-state index contributed by atoms with van der Waals surface area (Å²) in [4.78, 5) is 26.2. The molecule has 192 valence electrons. The molecule has 4 rings (SSSR count). The Bertz CT molecular complexity index is 1440. The van der Waals surface area contributed by atoms with Gasteiger partial charge in [0.05, 0.1) is 28.3 Å². The van der Waals surface area contributed by atoms with E-state index in [1.54, 1.807) is 31.2 Å². The van der Waals surface area contributed by atoms with Gasteiger partial charge in [-0.05, 0) is 54.8 Å². The molecule has 0 aromatic heterocycles. The van der Waals surface area contributed by atoms with Gasteiger partial charge in [-0.1, -0.05) is 78.8 Å². The molecule has 0 aliphatic carbocycles. The number of nitrogens with one attached hydrogen (secondary N) is 3. The molecule has 38 heavy (non-hydrogen) atoms. The fourth-order valence-electron chi connectivity index (χ4n) is 4.23.